The first-order valence-electron chi connectivity index (χ1n) is 11.4. The van der Waals surface area contributed by atoms with Gasteiger partial charge in [0.25, 0.3) is 5.56 Å². The van der Waals surface area contributed by atoms with Crippen LogP contribution in [0.4, 0.5) is 5.69 Å². The van der Waals surface area contributed by atoms with Crippen molar-refractivity contribution in [1.82, 2.24) is 24.1 Å². The summed E-state index contributed by atoms with van der Waals surface area (Å²) in [6, 6.07) is 16.9. The smallest absolute Gasteiger partial charge is 0.295 e. The zero-order chi connectivity index (χ0) is 25.8. The van der Waals surface area contributed by atoms with E-state index in [1.54, 1.807) is 18.7 Å². The van der Waals surface area contributed by atoms with Gasteiger partial charge in [0.1, 0.15) is 11.4 Å². The lowest BCUT2D eigenvalue weighted by molar-refractivity contribution is -0.113. The second-order valence-electron chi connectivity index (χ2n) is 8.07. The average molecular weight is 572 g/mol. The van der Waals surface area contributed by atoms with Crippen molar-refractivity contribution in [2.75, 3.05) is 11.1 Å². The van der Waals surface area contributed by atoms with Crippen LogP contribution in [0.1, 0.15) is 31.5 Å². The first-order chi connectivity index (χ1) is 17.3. The number of ether oxygens (including phenoxy) is 1. The van der Waals surface area contributed by atoms with Gasteiger partial charge in [-0.2, -0.15) is 0 Å². The minimum atomic E-state index is -0.328. The molecule has 36 heavy (non-hydrogen) atoms. The van der Waals surface area contributed by atoms with E-state index < -0.39 is 0 Å². The normalized spacial score (nSPS) is 11.9. The van der Waals surface area contributed by atoms with Crippen LogP contribution in [0.2, 0.25) is 0 Å². The molecule has 1 unspecified atom stereocenters. The number of hydrogen-bond acceptors (Lipinski definition) is 6. The number of amides is 1. The van der Waals surface area contributed by atoms with Crippen molar-refractivity contribution in [3.63, 3.8) is 0 Å². The molecule has 0 bridgehead atoms. The maximum absolute atomic E-state index is 13.0. The van der Waals surface area contributed by atoms with Gasteiger partial charge in [-0.15, -0.1) is 10.2 Å². The van der Waals surface area contributed by atoms with Crippen LogP contribution in [0.25, 0.3) is 5.69 Å². The quantitative estimate of drug-likeness (QED) is 0.292. The number of halogens is 1. The molecule has 188 valence electrons. The van der Waals surface area contributed by atoms with Gasteiger partial charge in [-0.3, -0.25) is 14.3 Å². The Morgan fingerprint density at radius 3 is 2.50 bits per heavy atom. The number of carbonyl (C=O) groups is 1. The summed E-state index contributed by atoms with van der Waals surface area (Å²) in [5, 5.41) is 12.0. The third-order valence-corrected chi connectivity index (χ3v) is 7.20. The highest BCUT2D eigenvalue weighted by Crippen LogP contribution is 2.26. The third kappa shape index (κ3) is 5.41. The molecule has 11 heteroatoms. The Hall–Kier alpha value is -3.31. The SMILES string of the molecule is CCn1c(SCC(=O)Nc2c(C)n(C)n(-c3ccccc3)c2=O)nnc1C(C)Oc1ccc(Br)cc1. The van der Waals surface area contributed by atoms with Gasteiger partial charge in [-0.05, 0) is 57.2 Å². The number of carbonyl (C=O) groups excluding carboxylic acids is 1. The molecular weight excluding hydrogens is 544 g/mol. The van der Waals surface area contributed by atoms with Gasteiger partial charge in [-0.25, -0.2) is 4.68 Å². The molecule has 0 spiro atoms. The lowest BCUT2D eigenvalue weighted by atomic mass is 10.3. The van der Waals surface area contributed by atoms with E-state index in [1.807, 2.05) is 73.0 Å². The molecule has 0 fully saturated rings. The maximum Gasteiger partial charge on any atom is 0.295 e. The van der Waals surface area contributed by atoms with Crippen molar-refractivity contribution in [1.29, 1.82) is 0 Å². The Balaban J connectivity index is 1.44. The summed E-state index contributed by atoms with van der Waals surface area (Å²) in [5.74, 6) is 1.19. The summed E-state index contributed by atoms with van der Waals surface area (Å²) in [4.78, 5) is 25.8. The van der Waals surface area contributed by atoms with E-state index in [4.69, 9.17) is 4.74 Å². The Kier molecular flexibility index (Phi) is 8.00. The second-order valence-corrected chi connectivity index (χ2v) is 9.93. The first kappa shape index (κ1) is 25.8. The molecule has 9 nitrogen and oxygen atoms in total. The van der Waals surface area contributed by atoms with E-state index in [9.17, 15) is 9.59 Å². The Morgan fingerprint density at radius 2 is 1.83 bits per heavy atom. The van der Waals surface area contributed by atoms with E-state index in [2.05, 4.69) is 31.4 Å². The maximum atomic E-state index is 13.0. The van der Waals surface area contributed by atoms with E-state index in [1.165, 1.54) is 16.4 Å². The highest BCUT2D eigenvalue weighted by atomic mass is 79.9. The number of hydrogen-bond donors (Lipinski definition) is 1. The van der Waals surface area contributed by atoms with Gasteiger partial charge in [0, 0.05) is 18.1 Å². The predicted molar refractivity (Wildman–Crippen MR) is 144 cm³/mol. The van der Waals surface area contributed by atoms with Crippen molar-refractivity contribution in [3.8, 4) is 11.4 Å². The van der Waals surface area contributed by atoms with Crippen molar-refractivity contribution in [3.05, 3.63) is 80.9 Å². The Bertz CT molecular complexity index is 1410. The minimum Gasteiger partial charge on any atom is -0.483 e. The molecule has 0 aliphatic heterocycles. The van der Waals surface area contributed by atoms with E-state index in [0.29, 0.717) is 23.2 Å². The molecule has 4 rings (SSSR count). The van der Waals surface area contributed by atoms with Crippen LogP contribution in [0, 0.1) is 6.92 Å². The number of aromatic nitrogens is 5. The molecule has 0 aliphatic rings. The molecule has 1 N–H and O–H groups in total. The second kappa shape index (κ2) is 11.2. The van der Waals surface area contributed by atoms with E-state index >= 15 is 0 Å². The predicted octanol–water partition coefficient (Wildman–Crippen LogP) is 4.73. The molecular formula is C25H27BrN6O3S. The van der Waals surface area contributed by atoms with Gasteiger partial charge >= 0.3 is 0 Å². The Labute approximate surface area is 221 Å². The van der Waals surface area contributed by atoms with Gasteiger partial charge in [0.2, 0.25) is 5.91 Å². The number of benzene rings is 2. The average Bonchev–Trinajstić information content (AvgIpc) is 3.38. The van der Waals surface area contributed by atoms with Crippen molar-refractivity contribution in [2.45, 2.75) is 38.6 Å². The summed E-state index contributed by atoms with van der Waals surface area (Å²) in [6.45, 7) is 6.33. The zero-order valence-electron chi connectivity index (χ0n) is 20.4. The molecule has 0 saturated heterocycles. The van der Waals surface area contributed by atoms with Gasteiger partial charge in [0.15, 0.2) is 17.1 Å². The number of thioether (sulfide) groups is 1. The molecule has 2 aromatic carbocycles. The summed E-state index contributed by atoms with van der Waals surface area (Å²) in [7, 11) is 1.79. The van der Waals surface area contributed by atoms with Crippen LogP contribution in [-0.4, -0.2) is 35.8 Å². The highest BCUT2D eigenvalue weighted by molar-refractivity contribution is 9.10. The highest BCUT2D eigenvalue weighted by Gasteiger charge is 2.21. The first-order valence-corrected chi connectivity index (χ1v) is 13.2. The van der Waals surface area contributed by atoms with Crippen LogP contribution < -0.4 is 15.6 Å². The fraction of sp³-hybridized carbons (Fsp3) is 0.280. The monoisotopic (exact) mass is 570 g/mol. The molecule has 0 aliphatic carbocycles. The summed E-state index contributed by atoms with van der Waals surface area (Å²) >= 11 is 4.68. The number of anilines is 1. The molecule has 2 aromatic heterocycles. The number of para-hydroxylation sites is 1. The summed E-state index contributed by atoms with van der Waals surface area (Å²) in [6.07, 6.45) is -0.328. The fourth-order valence-corrected chi connectivity index (χ4v) is 4.87. The molecule has 4 aromatic rings. The Morgan fingerprint density at radius 1 is 1.14 bits per heavy atom. The number of nitrogens with one attached hydrogen (secondary N) is 1. The van der Waals surface area contributed by atoms with Crippen LogP contribution in [0.3, 0.4) is 0 Å². The van der Waals surface area contributed by atoms with E-state index in [0.717, 1.165) is 15.9 Å². The lowest BCUT2D eigenvalue weighted by Gasteiger charge is -2.15. The molecule has 0 radical (unpaired) electrons. The van der Waals surface area contributed by atoms with Crippen LogP contribution in [-0.2, 0) is 18.4 Å². The lowest BCUT2D eigenvalue weighted by Crippen LogP contribution is -2.23. The largest absolute Gasteiger partial charge is 0.483 e. The zero-order valence-corrected chi connectivity index (χ0v) is 22.8. The van der Waals surface area contributed by atoms with Crippen LogP contribution >= 0.6 is 27.7 Å². The molecule has 1 atom stereocenters. The van der Waals surface area contributed by atoms with Crippen LogP contribution in [0.5, 0.6) is 5.75 Å². The fourth-order valence-electron chi connectivity index (χ4n) is 3.79. The molecule has 2 heterocycles. The summed E-state index contributed by atoms with van der Waals surface area (Å²) < 4.78 is 12.2. The topological polar surface area (TPSA) is 96.0 Å². The van der Waals surface area contributed by atoms with Crippen LogP contribution in [0.15, 0.2) is 69.0 Å². The number of rotatable bonds is 9. The van der Waals surface area contributed by atoms with Gasteiger partial charge in [0.05, 0.1) is 17.1 Å². The van der Waals surface area contributed by atoms with Crippen molar-refractivity contribution >= 4 is 39.3 Å². The van der Waals surface area contributed by atoms with Crippen molar-refractivity contribution in [2.24, 2.45) is 7.05 Å². The number of nitrogens with zero attached hydrogens (tertiary/aromatic N) is 5. The van der Waals surface area contributed by atoms with Gasteiger partial charge < -0.3 is 14.6 Å². The van der Waals surface area contributed by atoms with E-state index in [-0.39, 0.29) is 29.0 Å². The standard InChI is InChI=1S/C25H27BrN6O3S/c1-5-31-23(17(3)35-20-13-11-18(26)12-14-20)28-29-25(31)36-15-21(33)27-22-16(2)30(4)32(24(22)34)19-9-7-6-8-10-19/h6-14,17H,5,15H2,1-4H3,(H,27,33). The summed E-state index contributed by atoms with van der Waals surface area (Å²) in [5.41, 5.74) is 1.38. The third-order valence-electron chi connectivity index (χ3n) is 5.70. The van der Waals surface area contributed by atoms with Crippen molar-refractivity contribution < 1.29 is 9.53 Å². The molecule has 1 amide bonds. The molecule has 0 saturated carbocycles. The minimum absolute atomic E-state index is 0.0825. The van der Waals surface area contributed by atoms with Gasteiger partial charge in [-0.1, -0.05) is 45.9 Å².